The lowest BCUT2D eigenvalue weighted by molar-refractivity contribution is 0.0736. The van der Waals surface area contributed by atoms with E-state index >= 15 is 0 Å². The molecule has 0 aromatic heterocycles. The van der Waals surface area contributed by atoms with Crippen molar-refractivity contribution in [2.75, 3.05) is 13.2 Å². The summed E-state index contributed by atoms with van der Waals surface area (Å²) >= 11 is 0. The minimum atomic E-state index is -0.280. The Bertz CT molecular complexity index is 236. The van der Waals surface area contributed by atoms with E-state index in [4.69, 9.17) is 15.7 Å². The lowest BCUT2D eigenvalue weighted by Gasteiger charge is -2.24. The second-order valence-corrected chi connectivity index (χ2v) is 5.37. The van der Waals surface area contributed by atoms with Crippen LogP contribution in [0.1, 0.15) is 46.0 Å². The maximum absolute atomic E-state index is 8.83. The predicted molar refractivity (Wildman–Crippen MR) is 60.2 cm³/mol. The zero-order valence-electron chi connectivity index (χ0n) is 9.88. The Morgan fingerprint density at radius 3 is 2.53 bits per heavy atom. The highest BCUT2D eigenvalue weighted by Gasteiger charge is 2.29. The van der Waals surface area contributed by atoms with E-state index in [0.717, 1.165) is 19.3 Å². The van der Waals surface area contributed by atoms with E-state index in [9.17, 15) is 0 Å². The lowest BCUT2D eigenvalue weighted by Crippen LogP contribution is -2.41. The molecule has 0 saturated heterocycles. The number of nitriles is 1. The first-order chi connectivity index (χ1) is 6.97. The van der Waals surface area contributed by atoms with Gasteiger partial charge < -0.3 is 10.5 Å². The number of rotatable bonds is 5. The van der Waals surface area contributed by atoms with Gasteiger partial charge in [-0.05, 0) is 33.1 Å². The number of ether oxygens (including phenoxy) is 1. The number of nitrogens with zero attached hydrogens (tertiary/aromatic N) is 1. The van der Waals surface area contributed by atoms with Crippen LogP contribution in [-0.4, -0.2) is 18.8 Å². The summed E-state index contributed by atoms with van der Waals surface area (Å²) in [5, 5.41) is 8.83. The lowest BCUT2D eigenvalue weighted by atomic mass is 9.92. The van der Waals surface area contributed by atoms with Crippen molar-refractivity contribution in [2.45, 2.75) is 51.5 Å². The highest BCUT2D eigenvalue weighted by molar-refractivity contribution is 4.92. The molecule has 1 aliphatic rings. The summed E-state index contributed by atoms with van der Waals surface area (Å²) in [7, 11) is 0. The monoisotopic (exact) mass is 210 g/mol. The van der Waals surface area contributed by atoms with E-state index in [1.807, 2.05) is 13.8 Å². The smallest absolute Gasteiger partial charge is 0.0684 e. The zero-order chi connectivity index (χ0) is 11.4. The molecule has 0 radical (unpaired) electrons. The third-order valence-electron chi connectivity index (χ3n) is 3.16. The molecule has 0 aromatic carbocycles. The van der Waals surface area contributed by atoms with Gasteiger partial charge in [-0.1, -0.05) is 12.8 Å². The molecule has 0 atom stereocenters. The van der Waals surface area contributed by atoms with Gasteiger partial charge in [-0.2, -0.15) is 5.26 Å². The number of hydrogen-bond acceptors (Lipinski definition) is 3. The van der Waals surface area contributed by atoms with Gasteiger partial charge in [0.25, 0.3) is 0 Å². The van der Waals surface area contributed by atoms with Gasteiger partial charge in [-0.3, -0.25) is 0 Å². The van der Waals surface area contributed by atoms with Crippen molar-refractivity contribution in [3.8, 4) is 6.07 Å². The summed E-state index contributed by atoms with van der Waals surface area (Å²) in [5.74, 6) is 0. The Labute approximate surface area is 92.6 Å². The second kappa shape index (κ2) is 4.96. The van der Waals surface area contributed by atoms with Crippen molar-refractivity contribution in [3.63, 3.8) is 0 Å². The zero-order valence-corrected chi connectivity index (χ0v) is 9.88. The van der Waals surface area contributed by atoms with Crippen molar-refractivity contribution in [3.05, 3.63) is 0 Å². The van der Waals surface area contributed by atoms with Crippen molar-refractivity contribution < 1.29 is 4.74 Å². The van der Waals surface area contributed by atoms with Crippen molar-refractivity contribution in [2.24, 2.45) is 11.1 Å². The van der Waals surface area contributed by atoms with Gasteiger partial charge in [0.2, 0.25) is 0 Å². The fourth-order valence-electron chi connectivity index (χ4n) is 1.88. The van der Waals surface area contributed by atoms with Crippen LogP contribution in [0.25, 0.3) is 0 Å². The van der Waals surface area contributed by atoms with Crippen LogP contribution in [0.5, 0.6) is 0 Å². The summed E-state index contributed by atoms with van der Waals surface area (Å²) in [6.07, 6.45) is 5.38. The van der Waals surface area contributed by atoms with Crippen molar-refractivity contribution in [1.29, 1.82) is 5.26 Å². The third-order valence-corrected chi connectivity index (χ3v) is 3.16. The standard InChI is InChI=1S/C12H22N2O/c1-11(2,9-13)7-8-15-10-12(14)5-3-4-6-12/h3-8,10,14H2,1-2H3. The van der Waals surface area contributed by atoms with E-state index in [1.165, 1.54) is 12.8 Å². The Balaban J connectivity index is 2.14. The van der Waals surface area contributed by atoms with Crippen LogP contribution < -0.4 is 5.73 Å². The predicted octanol–water partition coefficient (Wildman–Crippen LogP) is 2.21. The van der Waals surface area contributed by atoms with Crippen LogP contribution >= 0.6 is 0 Å². The molecule has 1 aliphatic carbocycles. The van der Waals surface area contributed by atoms with Crippen LogP contribution in [0.4, 0.5) is 0 Å². The van der Waals surface area contributed by atoms with Gasteiger partial charge in [0.15, 0.2) is 0 Å². The SMILES string of the molecule is CC(C)(C#N)CCOCC1(N)CCCC1. The molecule has 2 N–H and O–H groups in total. The average Bonchev–Trinajstić information content (AvgIpc) is 2.61. The summed E-state index contributed by atoms with van der Waals surface area (Å²) in [4.78, 5) is 0. The van der Waals surface area contributed by atoms with Gasteiger partial charge in [0.1, 0.15) is 0 Å². The van der Waals surface area contributed by atoms with E-state index < -0.39 is 0 Å². The highest BCUT2D eigenvalue weighted by atomic mass is 16.5. The van der Waals surface area contributed by atoms with Gasteiger partial charge in [-0.15, -0.1) is 0 Å². The summed E-state index contributed by atoms with van der Waals surface area (Å²) in [6, 6.07) is 2.27. The summed E-state index contributed by atoms with van der Waals surface area (Å²) in [5.41, 5.74) is 5.78. The van der Waals surface area contributed by atoms with Crippen molar-refractivity contribution in [1.82, 2.24) is 0 Å². The molecule has 3 heteroatoms. The second-order valence-electron chi connectivity index (χ2n) is 5.37. The molecule has 0 spiro atoms. The van der Waals surface area contributed by atoms with Crippen LogP contribution in [0.2, 0.25) is 0 Å². The fourth-order valence-corrected chi connectivity index (χ4v) is 1.88. The quantitative estimate of drug-likeness (QED) is 0.708. The van der Waals surface area contributed by atoms with Crippen LogP contribution in [-0.2, 0) is 4.74 Å². The normalized spacial score (nSPS) is 20.1. The maximum atomic E-state index is 8.83. The van der Waals surface area contributed by atoms with E-state index in [2.05, 4.69) is 6.07 Å². The van der Waals surface area contributed by atoms with Crippen molar-refractivity contribution >= 4 is 0 Å². The molecule has 1 saturated carbocycles. The minimum absolute atomic E-state index is 0.0865. The molecule has 0 bridgehead atoms. The van der Waals surface area contributed by atoms with Crippen LogP contribution in [0.15, 0.2) is 0 Å². The molecule has 0 aliphatic heterocycles. The maximum Gasteiger partial charge on any atom is 0.0684 e. The first-order valence-corrected chi connectivity index (χ1v) is 5.75. The molecule has 86 valence electrons. The van der Waals surface area contributed by atoms with Crippen LogP contribution in [0.3, 0.4) is 0 Å². The van der Waals surface area contributed by atoms with Gasteiger partial charge in [0, 0.05) is 12.1 Å². The molecular formula is C12H22N2O. The Morgan fingerprint density at radius 2 is 2.00 bits per heavy atom. The summed E-state index contributed by atoms with van der Waals surface area (Å²) in [6.45, 7) is 5.16. The molecular weight excluding hydrogens is 188 g/mol. The largest absolute Gasteiger partial charge is 0.379 e. The Kier molecular flexibility index (Phi) is 4.12. The molecule has 1 fully saturated rings. The van der Waals surface area contributed by atoms with Gasteiger partial charge in [0.05, 0.1) is 18.1 Å². The Morgan fingerprint density at radius 1 is 1.40 bits per heavy atom. The highest BCUT2D eigenvalue weighted by Crippen LogP contribution is 2.27. The van der Waals surface area contributed by atoms with Crippen LogP contribution in [0, 0.1) is 16.7 Å². The molecule has 0 amide bonds. The topological polar surface area (TPSA) is 59.0 Å². The Hall–Kier alpha value is -0.590. The molecule has 0 heterocycles. The molecule has 0 unspecified atom stereocenters. The summed E-state index contributed by atoms with van der Waals surface area (Å²) < 4.78 is 5.58. The third kappa shape index (κ3) is 4.19. The molecule has 3 nitrogen and oxygen atoms in total. The van der Waals surface area contributed by atoms with Gasteiger partial charge >= 0.3 is 0 Å². The fraction of sp³-hybridized carbons (Fsp3) is 0.917. The first kappa shape index (κ1) is 12.5. The average molecular weight is 210 g/mol. The minimum Gasteiger partial charge on any atom is -0.379 e. The molecule has 15 heavy (non-hydrogen) atoms. The van der Waals surface area contributed by atoms with E-state index in [0.29, 0.717) is 13.2 Å². The molecule has 0 aromatic rings. The van der Waals surface area contributed by atoms with E-state index in [-0.39, 0.29) is 11.0 Å². The first-order valence-electron chi connectivity index (χ1n) is 5.75. The van der Waals surface area contributed by atoms with Gasteiger partial charge in [-0.25, -0.2) is 0 Å². The number of nitrogens with two attached hydrogens (primary N) is 1. The van der Waals surface area contributed by atoms with E-state index in [1.54, 1.807) is 0 Å². The number of hydrogen-bond donors (Lipinski definition) is 1. The molecule has 1 rings (SSSR count).